The summed E-state index contributed by atoms with van der Waals surface area (Å²) in [4.78, 5) is 0. The van der Waals surface area contributed by atoms with E-state index < -0.39 is 0 Å². The maximum absolute atomic E-state index is 5.96. The molecular weight excluding hydrogens is 243 g/mol. The molecule has 0 aromatic heterocycles. The molecule has 0 amide bonds. The molecule has 0 radical (unpaired) electrons. The van der Waals surface area contributed by atoms with Gasteiger partial charge in [-0.05, 0) is 30.3 Å². The van der Waals surface area contributed by atoms with Crippen LogP contribution in [0.25, 0.3) is 0 Å². The lowest BCUT2D eigenvalue weighted by Crippen LogP contribution is -1.68. The second kappa shape index (κ2) is 5.10. The standard InChI is InChI=1S/C12H8Cl2N2/c13-9-6-7-12(11(14)8-9)16-15-10-4-2-1-3-5-10/h1-8H. The average Bonchev–Trinajstić information content (AvgIpc) is 2.29. The quantitative estimate of drug-likeness (QED) is 0.637. The van der Waals surface area contributed by atoms with Crippen LogP contribution >= 0.6 is 23.2 Å². The zero-order valence-electron chi connectivity index (χ0n) is 8.27. The summed E-state index contributed by atoms with van der Waals surface area (Å²) in [5, 5.41) is 9.20. The van der Waals surface area contributed by atoms with Crippen molar-refractivity contribution in [1.82, 2.24) is 0 Å². The molecule has 2 nitrogen and oxygen atoms in total. The molecule has 0 heterocycles. The lowest BCUT2D eigenvalue weighted by Gasteiger charge is -1.97. The molecule has 2 aromatic rings. The first-order valence-corrected chi connectivity index (χ1v) is 5.43. The summed E-state index contributed by atoms with van der Waals surface area (Å²) >= 11 is 11.7. The van der Waals surface area contributed by atoms with E-state index in [1.165, 1.54) is 0 Å². The zero-order chi connectivity index (χ0) is 11.4. The van der Waals surface area contributed by atoms with E-state index in [2.05, 4.69) is 10.2 Å². The van der Waals surface area contributed by atoms with E-state index >= 15 is 0 Å². The smallest absolute Gasteiger partial charge is 0.104 e. The van der Waals surface area contributed by atoms with Crippen molar-refractivity contribution >= 4 is 34.6 Å². The first-order chi connectivity index (χ1) is 7.75. The monoisotopic (exact) mass is 250 g/mol. The highest BCUT2D eigenvalue weighted by Gasteiger charge is 1.99. The SMILES string of the molecule is Clc1ccc(N=Nc2ccccc2)c(Cl)c1. The predicted molar refractivity (Wildman–Crippen MR) is 67.1 cm³/mol. The van der Waals surface area contributed by atoms with Crippen LogP contribution in [0, 0.1) is 0 Å². The lowest BCUT2D eigenvalue weighted by atomic mass is 10.3. The Balaban J connectivity index is 2.24. The second-order valence-electron chi connectivity index (χ2n) is 3.13. The van der Waals surface area contributed by atoms with Gasteiger partial charge in [0.2, 0.25) is 0 Å². The zero-order valence-corrected chi connectivity index (χ0v) is 9.78. The second-order valence-corrected chi connectivity index (χ2v) is 3.97. The number of hydrogen-bond acceptors (Lipinski definition) is 2. The Morgan fingerprint density at radius 1 is 0.812 bits per heavy atom. The minimum atomic E-state index is 0.493. The summed E-state index contributed by atoms with van der Waals surface area (Å²) in [6.45, 7) is 0. The van der Waals surface area contributed by atoms with Crippen LogP contribution in [0.1, 0.15) is 0 Å². The Kier molecular flexibility index (Phi) is 3.54. The number of azo groups is 1. The first kappa shape index (κ1) is 11.1. The molecule has 0 N–H and O–H groups in total. The van der Waals surface area contributed by atoms with Crippen LogP contribution in [0.4, 0.5) is 11.4 Å². The van der Waals surface area contributed by atoms with Gasteiger partial charge in [0.1, 0.15) is 5.69 Å². The molecule has 16 heavy (non-hydrogen) atoms. The Morgan fingerprint density at radius 2 is 1.56 bits per heavy atom. The third-order valence-electron chi connectivity index (χ3n) is 1.94. The molecule has 0 saturated carbocycles. The van der Waals surface area contributed by atoms with Crippen LogP contribution in [0.3, 0.4) is 0 Å². The number of benzene rings is 2. The molecule has 80 valence electrons. The van der Waals surface area contributed by atoms with Crippen molar-refractivity contribution in [3.63, 3.8) is 0 Å². The maximum atomic E-state index is 5.96. The van der Waals surface area contributed by atoms with Crippen molar-refractivity contribution in [2.45, 2.75) is 0 Å². The summed E-state index contributed by atoms with van der Waals surface area (Å²) in [7, 11) is 0. The summed E-state index contributed by atoms with van der Waals surface area (Å²) in [6, 6.07) is 14.6. The van der Waals surface area contributed by atoms with Crippen LogP contribution in [-0.4, -0.2) is 0 Å². The van der Waals surface area contributed by atoms with Gasteiger partial charge in [0, 0.05) is 5.02 Å². The van der Waals surface area contributed by atoms with Gasteiger partial charge in [-0.3, -0.25) is 0 Å². The predicted octanol–water partition coefficient (Wildman–Crippen LogP) is 5.41. The normalized spacial score (nSPS) is 10.9. The Bertz CT molecular complexity index is 510. The third-order valence-corrected chi connectivity index (χ3v) is 2.48. The van der Waals surface area contributed by atoms with E-state index in [1.54, 1.807) is 18.2 Å². The first-order valence-electron chi connectivity index (χ1n) is 4.67. The molecule has 0 spiro atoms. The molecule has 0 aliphatic carbocycles. The van der Waals surface area contributed by atoms with Gasteiger partial charge in [0.25, 0.3) is 0 Å². The van der Waals surface area contributed by atoms with Crippen LogP contribution in [-0.2, 0) is 0 Å². The van der Waals surface area contributed by atoms with Crippen molar-refractivity contribution in [2.75, 3.05) is 0 Å². The van der Waals surface area contributed by atoms with Crippen LogP contribution < -0.4 is 0 Å². The van der Waals surface area contributed by atoms with Crippen molar-refractivity contribution in [2.24, 2.45) is 10.2 Å². The Hall–Kier alpha value is -1.38. The maximum Gasteiger partial charge on any atom is 0.104 e. The van der Waals surface area contributed by atoms with Gasteiger partial charge >= 0.3 is 0 Å². The van der Waals surface area contributed by atoms with E-state index in [4.69, 9.17) is 23.2 Å². The van der Waals surface area contributed by atoms with Gasteiger partial charge in [0.05, 0.1) is 10.7 Å². The highest BCUT2D eigenvalue weighted by atomic mass is 35.5. The van der Waals surface area contributed by atoms with Gasteiger partial charge in [-0.15, -0.1) is 5.11 Å². The van der Waals surface area contributed by atoms with Gasteiger partial charge in [0.15, 0.2) is 0 Å². The molecule has 4 heteroatoms. The highest BCUT2D eigenvalue weighted by molar-refractivity contribution is 6.36. The number of hydrogen-bond donors (Lipinski definition) is 0. The number of rotatable bonds is 2. The molecule has 2 rings (SSSR count). The fourth-order valence-electron chi connectivity index (χ4n) is 1.17. The lowest BCUT2D eigenvalue weighted by molar-refractivity contribution is 1.23. The molecule has 2 aromatic carbocycles. The van der Waals surface area contributed by atoms with Crippen molar-refractivity contribution in [1.29, 1.82) is 0 Å². The molecule has 0 aliphatic rings. The van der Waals surface area contributed by atoms with Gasteiger partial charge in [-0.25, -0.2) is 0 Å². The van der Waals surface area contributed by atoms with Crippen LogP contribution in [0.2, 0.25) is 10.0 Å². The van der Waals surface area contributed by atoms with Gasteiger partial charge in [-0.2, -0.15) is 5.11 Å². The molecule has 0 atom stereocenters. The number of nitrogens with zero attached hydrogens (tertiary/aromatic N) is 2. The van der Waals surface area contributed by atoms with E-state index in [-0.39, 0.29) is 0 Å². The van der Waals surface area contributed by atoms with E-state index in [9.17, 15) is 0 Å². The Morgan fingerprint density at radius 3 is 2.25 bits per heavy atom. The van der Waals surface area contributed by atoms with Gasteiger partial charge in [-0.1, -0.05) is 41.4 Å². The largest absolute Gasteiger partial charge is 0.151 e. The fourth-order valence-corrected chi connectivity index (χ4v) is 1.61. The average molecular weight is 251 g/mol. The topological polar surface area (TPSA) is 24.7 Å². The van der Waals surface area contributed by atoms with Crippen molar-refractivity contribution in [3.05, 3.63) is 58.6 Å². The molecule has 0 bridgehead atoms. The van der Waals surface area contributed by atoms with Gasteiger partial charge < -0.3 is 0 Å². The molecule has 0 saturated heterocycles. The summed E-state index contributed by atoms with van der Waals surface area (Å²) in [5.41, 5.74) is 1.39. The van der Waals surface area contributed by atoms with Crippen LogP contribution in [0.5, 0.6) is 0 Å². The third kappa shape index (κ3) is 2.81. The van der Waals surface area contributed by atoms with E-state index in [1.807, 2.05) is 30.3 Å². The van der Waals surface area contributed by atoms with Crippen molar-refractivity contribution < 1.29 is 0 Å². The minimum absolute atomic E-state index is 0.493. The molecular formula is C12H8Cl2N2. The highest BCUT2D eigenvalue weighted by Crippen LogP contribution is 2.29. The van der Waals surface area contributed by atoms with Crippen molar-refractivity contribution in [3.8, 4) is 0 Å². The summed E-state index contributed by atoms with van der Waals surface area (Å²) in [5.74, 6) is 0. The summed E-state index contributed by atoms with van der Waals surface area (Å²) in [6.07, 6.45) is 0. The molecule has 0 aliphatic heterocycles. The minimum Gasteiger partial charge on any atom is -0.151 e. The van der Waals surface area contributed by atoms with E-state index in [0.717, 1.165) is 5.69 Å². The number of halogens is 2. The van der Waals surface area contributed by atoms with E-state index in [0.29, 0.717) is 15.7 Å². The molecule has 0 unspecified atom stereocenters. The fraction of sp³-hybridized carbons (Fsp3) is 0. The summed E-state index contributed by atoms with van der Waals surface area (Å²) < 4.78 is 0. The van der Waals surface area contributed by atoms with Crippen LogP contribution in [0.15, 0.2) is 58.8 Å². The Labute approximate surface area is 104 Å². The molecule has 0 fully saturated rings.